The number of ether oxygens (including phenoxy) is 10. The quantitative estimate of drug-likeness (QED) is 0.0655. The first-order valence-electron chi connectivity index (χ1n) is 17.5. The van der Waals surface area contributed by atoms with E-state index < -0.39 is 5.97 Å². The molecule has 2 aromatic carbocycles. The highest BCUT2D eigenvalue weighted by atomic mass is 16.6. The van der Waals surface area contributed by atoms with Crippen LogP contribution in [0.3, 0.4) is 0 Å². The predicted molar refractivity (Wildman–Crippen MR) is 190 cm³/mol. The standard InChI is InChI=1S/C38H55NO12/c1-31(2)37(40)50-29-28-49-27-26-48-25-24-47-23-22-46-21-20-45-19-18-44-17-16-43-15-14-42-13-12-39(3)38(41)51-30-36-34-10-6-4-8-32(34)33-9-5-7-11-35(33)36/h4-11,36H,1,12-30H2,2-3H3. The fraction of sp³-hybridized carbons (Fsp3) is 0.579. The van der Waals surface area contributed by atoms with Gasteiger partial charge in [-0.1, -0.05) is 55.1 Å². The molecule has 0 bridgehead atoms. The van der Waals surface area contributed by atoms with Crippen LogP contribution in [0.25, 0.3) is 11.1 Å². The molecule has 0 saturated carbocycles. The van der Waals surface area contributed by atoms with Crippen molar-refractivity contribution in [2.24, 2.45) is 0 Å². The van der Waals surface area contributed by atoms with Gasteiger partial charge in [-0.05, 0) is 29.2 Å². The smallest absolute Gasteiger partial charge is 0.409 e. The van der Waals surface area contributed by atoms with Gasteiger partial charge in [0.15, 0.2) is 0 Å². The highest BCUT2D eigenvalue weighted by Crippen LogP contribution is 2.44. The van der Waals surface area contributed by atoms with Crippen molar-refractivity contribution < 1.29 is 57.0 Å². The van der Waals surface area contributed by atoms with Crippen molar-refractivity contribution in [2.75, 3.05) is 133 Å². The lowest BCUT2D eigenvalue weighted by Crippen LogP contribution is -2.32. The monoisotopic (exact) mass is 717 g/mol. The average Bonchev–Trinajstić information content (AvgIpc) is 3.46. The van der Waals surface area contributed by atoms with E-state index in [1.807, 2.05) is 24.3 Å². The Morgan fingerprint density at radius 3 is 1.29 bits per heavy atom. The molecule has 1 aliphatic carbocycles. The van der Waals surface area contributed by atoms with Gasteiger partial charge < -0.3 is 52.3 Å². The molecule has 1 aliphatic rings. The van der Waals surface area contributed by atoms with Crippen LogP contribution in [0.15, 0.2) is 60.7 Å². The summed E-state index contributed by atoms with van der Waals surface area (Å²) in [5.41, 5.74) is 5.15. The van der Waals surface area contributed by atoms with E-state index in [0.29, 0.717) is 124 Å². The minimum Gasteiger partial charge on any atom is -0.460 e. The van der Waals surface area contributed by atoms with Gasteiger partial charge in [0.2, 0.25) is 0 Å². The van der Waals surface area contributed by atoms with Crippen molar-refractivity contribution in [1.29, 1.82) is 0 Å². The number of amides is 1. The summed E-state index contributed by atoms with van der Waals surface area (Å²) in [6, 6.07) is 16.6. The normalized spacial score (nSPS) is 12.0. The molecule has 51 heavy (non-hydrogen) atoms. The van der Waals surface area contributed by atoms with Crippen molar-refractivity contribution in [2.45, 2.75) is 12.8 Å². The third-order valence-corrected chi connectivity index (χ3v) is 7.63. The zero-order chi connectivity index (χ0) is 36.4. The van der Waals surface area contributed by atoms with Crippen LogP contribution in [0.2, 0.25) is 0 Å². The zero-order valence-corrected chi connectivity index (χ0v) is 30.2. The summed E-state index contributed by atoms with van der Waals surface area (Å²) in [7, 11) is 1.71. The molecule has 0 radical (unpaired) electrons. The molecule has 0 fully saturated rings. The largest absolute Gasteiger partial charge is 0.460 e. The lowest BCUT2D eigenvalue weighted by molar-refractivity contribution is -0.140. The van der Waals surface area contributed by atoms with Crippen LogP contribution in [-0.2, 0) is 52.2 Å². The van der Waals surface area contributed by atoms with Crippen molar-refractivity contribution in [1.82, 2.24) is 4.90 Å². The summed E-state index contributed by atoms with van der Waals surface area (Å²) < 4.78 is 54.4. The lowest BCUT2D eigenvalue weighted by atomic mass is 9.98. The number of nitrogens with zero attached hydrogens (tertiary/aromatic N) is 1. The topological polar surface area (TPSA) is 130 Å². The molecule has 2 aromatic rings. The Morgan fingerprint density at radius 1 is 0.549 bits per heavy atom. The van der Waals surface area contributed by atoms with E-state index in [2.05, 4.69) is 30.8 Å². The Morgan fingerprint density at radius 2 is 0.902 bits per heavy atom. The summed E-state index contributed by atoms with van der Waals surface area (Å²) in [4.78, 5) is 25.3. The number of likely N-dealkylation sites (N-methyl/N-ethyl adjacent to an activating group) is 1. The van der Waals surface area contributed by atoms with Crippen LogP contribution in [0.1, 0.15) is 24.0 Å². The molecule has 1 amide bonds. The van der Waals surface area contributed by atoms with Gasteiger partial charge in [0.25, 0.3) is 0 Å². The van der Waals surface area contributed by atoms with Crippen LogP contribution in [0.4, 0.5) is 4.79 Å². The third kappa shape index (κ3) is 17.1. The van der Waals surface area contributed by atoms with E-state index in [4.69, 9.17) is 47.4 Å². The first-order valence-corrected chi connectivity index (χ1v) is 17.5. The van der Waals surface area contributed by atoms with Crippen molar-refractivity contribution in [3.8, 4) is 11.1 Å². The SMILES string of the molecule is C=C(C)C(=O)OCCOCCOCCOCCOCCOCCOCCOCCOCCN(C)C(=O)OCC1c2ccccc2-c2ccccc21. The molecular weight excluding hydrogens is 662 g/mol. The van der Waals surface area contributed by atoms with E-state index >= 15 is 0 Å². The van der Waals surface area contributed by atoms with Gasteiger partial charge in [-0.15, -0.1) is 0 Å². The lowest BCUT2D eigenvalue weighted by Gasteiger charge is -2.19. The van der Waals surface area contributed by atoms with Crippen LogP contribution >= 0.6 is 0 Å². The number of hydrogen-bond acceptors (Lipinski definition) is 12. The summed E-state index contributed by atoms with van der Waals surface area (Å²) in [6.45, 7) is 13.1. The Labute approximate surface area is 301 Å². The van der Waals surface area contributed by atoms with Gasteiger partial charge in [-0.25, -0.2) is 9.59 Å². The van der Waals surface area contributed by atoms with Gasteiger partial charge in [-0.3, -0.25) is 0 Å². The number of carbonyl (C=O) groups excluding carboxylic acids is 2. The second kappa shape index (κ2) is 26.4. The number of benzene rings is 2. The second-order valence-electron chi connectivity index (χ2n) is 11.5. The maximum absolute atomic E-state index is 12.6. The minimum absolute atomic E-state index is 0.0359. The van der Waals surface area contributed by atoms with Gasteiger partial charge in [-0.2, -0.15) is 0 Å². The van der Waals surface area contributed by atoms with Crippen molar-refractivity contribution >= 4 is 12.1 Å². The number of carbonyl (C=O) groups is 2. The highest BCUT2D eigenvalue weighted by molar-refractivity contribution is 5.86. The van der Waals surface area contributed by atoms with E-state index in [9.17, 15) is 9.59 Å². The second-order valence-corrected chi connectivity index (χ2v) is 11.5. The van der Waals surface area contributed by atoms with Gasteiger partial charge in [0, 0.05) is 25.1 Å². The van der Waals surface area contributed by atoms with E-state index in [-0.39, 0.29) is 18.6 Å². The van der Waals surface area contributed by atoms with Crippen LogP contribution in [0, 0.1) is 0 Å². The molecule has 0 N–H and O–H groups in total. The Bertz CT molecular complexity index is 1230. The Balaban J connectivity index is 1.00. The molecule has 13 heteroatoms. The maximum atomic E-state index is 12.6. The van der Waals surface area contributed by atoms with Crippen LogP contribution < -0.4 is 0 Å². The average molecular weight is 718 g/mol. The molecule has 0 atom stereocenters. The zero-order valence-electron chi connectivity index (χ0n) is 30.2. The first-order chi connectivity index (χ1) is 25.0. The number of rotatable bonds is 30. The minimum atomic E-state index is -0.417. The number of esters is 1. The van der Waals surface area contributed by atoms with Crippen LogP contribution in [-0.4, -0.2) is 149 Å². The fourth-order valence-electron chi connectivity index (χ4n) is 4.95. The molecule has 0 spiro atoms. The molecular formula is C38H55NO12. The van der Waals surface area contributed by atoms with Gasteiger partial charge >= 0.3 is 12.1 Å². The fourth-order valence-corrected chi connectivity index (χ4v) is 4.95. The Hall–Kier alpha value is -3.40. The molecule has 0 unspecified atom stereocenters. The maximum Gasteiger partial charge on any atom is 0.409 e. The van der Waals surface area contributed by atoms with Gasteiger partial charge in [0.05, 0.1) is 106 Å². The molecule has 0 aromatic heterocycles. The summed E-state index contributed by atoms with van der Waals surface area (Å²) >= 11 is 0. The van der Waals surface area contributed by atoms with Crippen LogP contribution in [0.5, 0.6) is 0 Å². The molecule has 13 nitrogen and oxygen atoms in total. The van der Waals surface area contributed by atoms with E-state index in [1.54, 1.807) is 14.0 Å². The predicted octanol–water partition coefficient (Wildman–Crippen LogP) is 4.12. The molecule has 0 heterocycles. The number of hydrogen-bond donors (Lipinski definition) is 0. The van der Waals surface area contributed by atoms with E-state index in [0.717, 1.165) is 0 Å². The first kappa shape index (κ1) is 42.0. The molecule has 0 aliphatic heterocycles. The third-order valence-electron chi connectivity index (χ3n) is 7.63. The summed E-state index contributed by atoms with van der Waals surface area (Å²) in [6.07, 6.45) is -0.368. The summed E-state index contributed by atoms with van der Waals surface area (Å²) in [5, 5.41) is 0. The summed E-state index contributed by atoms with van der Waals surface area (Å²) in [5.74, 6) is -0.381. The molecule has 3 rings (SSSR count). The highest BCUT2D eigenvalue weighted by Gasteiger charge is 2.29. The molecule has 0 saturated heterocycles. The molecule has 284 valence electrons. The number of fused-ring (bicyclic) bond motifs is 3. The Kier molecular flexibility index (Phi) is 21.7. The van der Waals surface area contributed by atoms with Crippen molar-refractivity contribution in [3.05, 3.63) is 71.8 Å². The van der Waals surface area contributed by atoms with Gasteiger partial charge in [0.1, 0.15) is 13.2 Å². The van der Waals surface area contributed by atoms with Crippen molar-refractivity contribution in [3.63, 3.8) is 0 Å². The van der Waals surface area contributed by atoms with E-state index in [1.165, 1.54) is 27.2 Å².